The summed E-state index contributed by atoms with van der Waals surface area (Å²) in [6.45, 7) is 10.1. The van der Waals surface area contributed by atoms with Crippen molar-refractivity contribution in [2.45, 2.75) is 59.4 Å². The van der Waals surface area contributed by atoms with Crippen molar-refractivity contribution in [1.29, 1.82) is 0 Å². The minimum absolute atomic E-state index is 0.125. The smallest absolute Gasteiger partial charge is 0.234 e. The summed E-state index contributed by atoms with van der Waals surface area (Å²) in [6, 6.07) is 0.258. The van der Waals surface area contributed by atoms with Crippen molar-refractivity contribution in [2.24, 2.45) is 17.8 Å². The Labute approximate surface area is 112 Å². The fourth-order valence-corrected chi connectivity index (χ4v) is 2.61. The van der Waals surface area contributed by atoms with Gasteiger partial charge in [-0.05, 0) is 44.1 Å². The summed E-state index contributed by atoms with van der Waals surface area (Å²) in [7, 11) is 0. The van der Waals surface area contributed by atoms with E-state index in [0.717, 1.165) is 18.4 Å². The van der Waals surface area contributed by atoms with Gasteiger partial charge in [-0.1, -0.05) is 33.6 Å². The van der Waals surface area contributed by atoms with Crippen LogP contribution in [0.15, 0.2) is 0 Å². The topological polar surface area (TPSA) is 41.1 Å². The van der Waals surface area contributed by atoms with Crippen LogP contribution in [0.2, 0.25) is 0 Å². The summed E-state index contributed by atoms with van der Waals surface area (Å²) in [5.74, 6) is 2.25. The average Bonchev–Trinajstić information content (AvgIpc) is 2.28. The number of nitrogens with one attached hydrogen (secondary N) is 2. The van der Waals surface area contributed by atoms with Gasteiger partial charge in [0.15, 0.2) is 0 Å². The monoisotopic (exact) mass is 254 g/mol. The van der Waals surface area contributed by atoms with Crippen LogP contribution in [0.1, 0.15) is 53.4 Å². The predicted octanol–water partition coefficient (Wildman–Crippen LogP) is 2.56. The molecule has 0 spiro atoms. The summed E-state index contributed by atoms with van der Waals surface area (Å²) < 4.78 is 0. The Morgan fingerprint density at radius 1 is 1.28 bits per heavy atom. The van der Waals surface area contributed by atoms with Crippen LogP contribution in [-0.4, -0.2) is 25.0 Å². The first kappa shape index (κ1) is 15.5. The van der Waals surface area contributed by atoms with Crippen molar-refractivity contribution >= 4 is 5.91 Å². The molecule has 1 fully saturated rings. The van der Waals surface area contributed by atoms with Crippen LogP contribution >= 0.6 is 0 Å². The second-order valence-electron chi connectivity index (χ2n) is 6.37. The van der Waals surface area contributed by atoms with Gasteiger partial charge in [0.05, 0.1) is 6.54 Å². The van der Waals surface area contributed by atoms with Crippen LogP contribution in [-0.2, 0) is 4.79 Å². The average molecular weight is 254 g/mol. The van der Waals surface area contributed by atoms with Crippen molar-refractivity contribution in [2.75, 3.05) is 13.1 Å². The molecule has 0 aromatic rings. The Hall–Kier alpha value is -0.570. The zero-order chi connectivity index (χ0) is 13.5. The lowest BCUT2D eigenvalue weighted by Crippen LogP contribution is -2.42. The van der Waals surface area contributed by atoms with Crippen LogP contribution in [0.25, 0.3) is 0 Å². The van der Waals surface area contributed by atoms with Gasteiger partial charge in [-0.15, -0.1) is 0 Å². The highest BCUT2D eigenvalue weighted by Crippen LogP contribution is 2.27. The van der Waals surface area contributed by atoms with E-state index in [1.54, 1.807) is 0 Å². The molecule has 106 valence electrons. The lowest BCUT2D eigenvalue weighted by Gasteiger charge is -2.27. The Morgan fingerprint density at radius 3 is 2.61 bits per heavy atom. The molecule has 0 radical (unpaired) electrons. The van der Waals surface area contributed by atoms with Gasteiger partial charge in [-0.2, -0.15) is 0 Å². The second-order valence-corrected chi connectivity index (χ2v) is 6.37. The molecular formula is C15H30N2O. The molecule has 0 saturated heterocycles. The molecule has 1 aliphatic rings. The normalized spacial score (nSPS) is 26.1. The third-order valence-corrected chi connectivity index (χ3v) is 4.15. The minimum Gasteiger partial charge on any atom is -0.352 e. The van der Waals surface area contributed by atoms with Crippen LogP contribution in [0, 0.1) is 17.8 Å². The minimum atomic E-state index is 0.125. The Balaban J connectivity index is 2.11. The maximum absolute atomic E-state index is 11.7. The van der Waals surface area contributed by atoms with Gasteiger partial charge >= 0.3 is 0 Å². The van der Waals surface area contributed by atoms with Crippen molar-refractivity contribution in [1.82, 2.24) is 10.6 Å². The van der Waals surface area contributed by atoms with Crippen LogP contribution in [0.4, 0.5) is 0 Å². The van der Waals surface area contributed by atoms with Crippen LogP contribution in [0.5, 0.6) is 0 Å². The van der Waals surface area contributed by atoms with Gasteiger partial charge in [-0.25, -0.2) is 0 Å². The number of carbonyl (C=O) groups is 1. The van der Waals surface area contributed by atoms with E-state index in [0.29, 0.717) is 12.5 Å². The van der Waals surface area contributed by atoms with Gasteiger partial charge in [-0.3, -0.25) is 4.79 Å². The van der Waals surface area contributed by atoms with Crippen molar-refractivity contribution < 1.29 is 4.79 Å². The Kier molecular flexibility index (Phi) is 6.69. The molecule has 3 heteroatoms. The van der Waals surface area contributed by atoms with E-state index in [1.807, 2.05) is 0 Å². The molecule has 0 aliphatic heterocycles. The first-order chi connectivity index (χ1) is 8.49. The Bertz CT molecular complexity index is 253. The quantitative estimate of drug-likeness (QED) is 0.765. The molecule has 3 atom stereocenters. The van der Waals surface area contributed by atoms with Crippen molar-refractivity contribution in [3.63, 3.8) is 0 Å². The predicted molar refractivity (Wildman–Crippen MR) is 76.4 cm³/mol. The fraction of sp³-hybridized carbons (Fsp3) is 0.933. The third-order valence-electron chi connectivity index (χ3n) is 4.15. The molecule has 0 aromatic carbocycles. The van der Waals surface area contributed by atoms with Gasteiger partial charge < -0.3 is 10.6 Å². The fourth-order valence-electron chi connectivity index (χ4n) is 2.61. The van der Waals surface area contributed by atoms with E-state index in [-0.39, 0.29) is 11.9 Å². The SMILES string of the molecule is CC1CCCC(CNCC(=O)NC(C)C(C)C)C1. The first-order valence-corrected chi connectivity index (χ1v) is 7.49. The van der Waals surface area contributed by atoms with Gasteiger partial charge in [0.25, 0.3) is 0 Å². The molecule has 3 nitrogen and oxygen atoms in total. The highest BCUT2D eigenvalue weighted by Gasteiger charge is 2.18. The highest BCUT2D eigenvalue weighted by molar-refractivity contribution is 5.78. The van der Waals surface area contributed by atoms with E-state index in [9.17, 15) is 4.79 Å². The zero-order valence-corrected chi connectivity index (χ0v) is 12.5. The molecule has 0 heterocycles. The van der Waals surface area contributed by atoms with E-state index in [1.165, 1.54) is 25.7 Å². The van der Waals surface area contributed by atoms with Crippen LogP contribution < -0.4 is 10.6 Å². The summed E-state index contributed by atoms with van der Waals surface area (Å²) >= 11 is 0. The molecule has 3 unspecified atom stereocenters. The van der Waals surface area contributed by atoms with Crippen LogP contribution in [0.3, 0.4) is 0 Å². The van der Waals surface area contributed by atoms with E-state index < -0.39 is 0 Å². The lowest BCUT2D eigenvalue weighted by molar-refractivity contribution is -0.121. The third kappa shape index (κ3) is 5.85. The molecule has 0 aromatic heterocycles. The Morgan fingerprint density at radius 2 is 2.00 bits per heavy atom. The maximum Gasteiger partial charge on any atom is 0.234 e. The maximum atomic E-state index is 11.7. The molecule has 1 aliphatic carbocycles. The first-order valence-electron chi connectivity index (χ1n) is 7.49. The molecule has 1 saturated carbocycles. The van der Waals surface area contributed by atoms with E-state index >= 15 is 0 Å². The van der Waals surface area contributed by atoms with Gasteiger partial charge in [0, 0.05) is 6.04 Å². The highest BCUT2D eigenvalue weighted by atomic mass is 16.1. The number of amides is 1. The molecule has 1 rings (SSSR count). The summed E-state index contributed by atoms with van der Waals surface area (Å²) in [5, 5.41) is 6.33. The molecule has 0 bridgehead atoms. The summed E-state index contributed by atoms with van der Waals surface area (Å²) in [6.07, 6.45) is 5.37. The number of rotatable bonds is 6. The molecular weight excluding hydrogens is 224 g/mol. The summed E-state index contributed by atoms with van der Waals surface area (Å²) in [5.41, 5.74) is 0. The van der Waals surface area contributed by atoms with Crippen molar-refractivity contribution in [3.05, 3.63) is 0 Å². The number of hydrogen-bond acceptors (Lipinski definition) is 2. The number of hydrogen-bond donors (Lipinski definition) is 2. The number of carbonyl (C=O) groups excluding carboxylic acids is 1. The van der Waals surface area contributed by atoms with Gasteiger partial charge in [0.2, 0.25) is 5.91 Å². The van der Waals surface area contributed by atoms with E-state index in [2.05, 4.69) is 38.3 Å². The van der Waals surface area contributed by atoms with Gasteiger partial charge in [0.1, 0.15) is 0 Å². The molecule has 1 amide bonds. The molecule has 2 N–H and O–H groups in total. The largest absolute Gasteiger partial charge is 0.352 e. The lowest BCUT2D eigenvalue weighted by atomic mass is 9.82. The molecule has 18 heavy (non-hydrogen) atoms. The standard InChI is InChI=1S/C15H30N2O/c1-11(2)13(4)17-15(18)10-16-9-14-7-5-6-12(3)8-14/h11-14,16H,5-10H2,1-4H3,(H,17,18). The summed E-state index contributed by atoms with van der Waals surface area (Å²) in [4.78, 5) is 11.7. The van der Waals surface area contributed by atoms with E-state index in [4.69, 9.17) is 0 Å². The second kappa shape index (κ2) is 7.78. The van der Waals surface area contributed by atoms with Crippen molar-refractivity contribution in [3.8, 4) is 0 Å². The zero-order valence-electron chi connectivity index (χ0n) is 12.5.